The highest BCUT2D eigenvalue weighted by atomic mass is 14.9. The fourth-order valence-electron chi connectivity index (χ4n) is 3.29. The molecular weight excluding hydrogens is 242 g/mol. The van der Waals surface area contributed by atoms with Crippen LogP contribution in [-0.2, 0) is 6.42 Å². The lowest BCUT2D eigenvalue weighted by Crippen LogP contribution is -2.30. The molecule has 3 atom stereocenters. The van der Waals surface area contributed by atoms with Crippen LogP contribution in [0.15, 0.2) is 54.6 Å². The first kappa shape index (κ1) is 13.4. The lowest BCUT2D eigenvalue weighted by Gasteiger charge is -2.18. The van der Waals surface area contributed by atoms with Crippen LogP contribution < -0.4 is 5.32 Å². The Kier molecular flexibility index (Phi) is 3.88. The van der Waals surface area contributed by atoms with Gasteiger partial charge in [0.05, 0.1) is 0 Å². The number of nitrogens with one attached hydrogen (secondary N) is 1. The van der Waals surface area contributed by atoms with E-state index in [1.807, 2.05) is 0 Å². The van der Waals surface area contributed by atoms with Crippen LogP contribution in [0, 0.1) is 12.8 Å². The Labute approximate surface area is 122 Å². The Hall–Kier alpha value is -1.60. The monoisotopic (exact) mass is 265 g/mol. The second-order valence-corrected chi connectivity index (χ2v) is 5.94. The van der Waals surface area contributed by atoms with E-state index < -0.39 is 0 Å². The molecule has 1 aliphatic rings. The van der Waals surface area contributed by atoms with Crippen molar-refractivity contribution in [1.82, 2.24) is 5.32 Å². The van der Waals surface area contributed by atoms with E-state index in [2.05, 4.69) is 73.9 Å². The zero-order chi connectivity index (χ0) is 13.9. The van der Waals surface area contributed by atoms with Crippen molar-refractivity contribution in [3.63, 3.8) is 0 Å². The van der Waals surface area contributed by atoms with Crippen LogP contribution in [0.1, 0.15) is 29.0 Å². The van der Waals surface area contributed by atoms with E-state index in [9.17, 15) is 0 Å². The Morgan fingerprint density at radius 2 is 1.75 bits per heavy atom. The maximum Gasteiger partial charge on any atom is 0.0139 e. The molecule has 0 bridgehead atoms. The first-order valence-electron chi connectivity index (χ1n) is 7.56. The van der Waals surface area contributed by atoms with Gasteiger partial charge in [0, 0.05) is 6.04 Å². The molecule has 0 spiro atoms. The van der Waals surface area contributed by atoms with Crippen LogP contribution >= 0.6 is 0 Å². The van der Waals surface area contributed by atoms with Crippen LogP contribution in [0.3, 0.4) is 0 Å². The van der Waals surface area contributed by atoms with E-state index in [0.29, 0.717) is 6.04 Å². The van der Waals surface area contributed by atoms with E-state index in [-0.39, 0.29) is 0 Å². The molecule has 0 radical (unpaired) electrons. The van der Waals surface area contributed by atoms with Gasteiger partial charge < -0.3 is 5.32 Å². The first-order valence-corrected chi connectivity index (χ1v) is 7.56. The average molecular weight is 265 g/mol. The maximum atomic E-state index is 3.54. The zero-order valence-electron chi connectivity index (χ0n) is 12.3. The first-order chi connectivity index (χ1) is 9.79. The number of hydrogen-bond acceptors (Lipinski definition) is 1. The molecule has 0 amide bonds. The quantitative estimate of drug-likeness (QED) is 0.863. The van der Waals surface area contributed by atoms with Crippen molar-refractivity contribution in [1.29, 1.82) is 0 Å². The fraction of sp³-hybridized carbons (Fsp3) is 0.368. The minimum Gasteiger partial charge on any atom is -0.316 e. The van der Waals surface area contributed by atoms with Gasteiger partial charge in [-0.1, -0.05) is 54.6 Å². The predicted octanol–water partition coefficient (Wildman–Crippen LogP) is 3.93. The summed E-state index contributed by atoms with van der Waals surface area (Å²) < 4.78 is 0. The lowest BCUT2D eigenvalue weighted by atomic mass is 9.96. The summed E-state index contributed by atoms with van der Waals surface area (Å²) >= 11 is 0. The van der Waals surface area contributed by atoms with Crippen molar-refractivity contribution < 1.29 is 0 Å². The number of rotatable bonds is 5. The highest BCUT2D eigenvalue weighted by molar-refractivity contribution is 5.30. The highest BCUT2D eigenvalue weighted by Gasteiger charge is 2.43. The van der Waals surface area contributed by atoms with Gasteiger partial charge in [0.25, 0.3) is 0 Å². The number of hydrogen-bond donors (Lipinski definition) is 1. The number of benzene rings is 2. The van der Waals surface area contributed by atoms with E-state index in [0.717, 1.165) is 18.3 Å². The summed E-state index contributed by atoms with van der Waals surface area (Å²) in [5.74, 6) is 1.53. The van der Waals surface area contributed by atoms with Gasteiger partial charge in [-0.25, -0.2) is 0 Å². The van der Waals surface area contributed by atoms with Crippen LogP contribution in [0.25, 0.3) is 0 Å². The molecule has 104 valence electrons. The van der Waals surface area contributed by atoms with E-state index in [1.54, 1.807) is 0 Å². The zero-order valence-corrected chi connectivity index (χ0v) is 12.3. The minimum absolute atomic E-state index is 0.585. The van der Waals surface area contributed by atoms with Gasteiger partial charge in [-0.2, -0.15) is 0 Å². The molecule has 2 aromatic carbocycles. The summed E-state index contributed by atoms with van der Waals surface area (Å²) in [4.78, 5) is 0. The summed E-state index contributed by atoms with van der Waals surface area (Å²) in [5.41, 5.74) is 4.39. The molecule has 1 aliphatic carbocycles. The number of aryl methyl sites for hydroxylation is 1. The van der Waals surface area contributed by atoms with Gasteiger partial charge in [0.15, 0.2) is 0 Å². The fourth-order valence-corrected chi connectivity index (χ4v) is 3.29. The molecule has 1 saturated carbocycles. The van der Waals surface area contributed by atoms with Gasteiger partial charge in [0.2, 0.25) is 0 Å². The molecule has 3 unspecified atom stereocenters. The molecule has 1 N–H and O–H groups in total. The van der Waals surface area contributed by atoms with Crippen LogP contribution in [0.4, 0.5) is 0 Å². The van der Waals surface area contributed by atoms with Crippen molar-refractivity contribution >= 4 is 0 Å². The van der Waals surface area contributed by atoms with Crippen LogP contribution in [0.5, 0.6) is 0 Å². The average Bonchev–Trinajstić information content (AvgIpc) is 3.28. The van der Waals surface area contributed by atoms with Gasteiger partial charge >= 0.3 is 0 Å². The molecular formula is C19H23N. The summed E-state index contributed by atoms with van der Waals surface area (Å²) in [5, 5.41) is 3.54. The smallest absolute Gasteiger partial charge is 0.0139 e. The third-order valence-electron chi connectivity index (χ3n) is 4.66. The van der Waals surface area contributed by atoms with Gasteiger partial charge in [-0.05, 0) is 55.3 Å². The lowest BCUT2D eigenvalue weighted by molar-refractivity contribution is 0.490. The van der Waals surface area contributed by atoms with Gasteiger partial charge in [-0.3, -0.25) is 0 Å². The van der Waals surface area contributed by atoms with E-state index in [4.69, 9.17) is 0 Å². The Morgan fingerprint density at radius 3 is 2.45 bits per heavy atom. The summed E-state index contributed by atoms with van der Waals surface area (Å²) in [6.45, 7) is 2.21. The largest absolute Gasteiger partial charge is 0.316 e. The molecule has 2 aromatic rings. The summed E-state index contributed by atoms with van der Waals surface area (Å²) in [6.07, 6.45) is 2.46. The molecule has 0 aliphatic heterocycles. The standard InChI is InChI=1S/C19H23N/c1-14-8-6-7-11-16(14)12-19(20-2)18-13-17(18)15-9-4-3-5-10-15/h3-11,17-20H,12-13H2,1-2H3. The Morgan fingerprint density at radius 1 is 1.05 bits per heavy atom. The van der Waals surface area contributed by atoms with E-state index in [1.165, 1.54) is 23.1 Å². The second kappa shape index (κ2) is 5.80. The molecule has 0 aromatic heterocycles. The van der Waals surface area contributed by atoms with E-state index >= 15 is 0 Å². The summed E-state index contributed by atoms with van der Waals surface area (Å²) in [7, 11) is 2.10. The Balaban J connectivity index is 1.69. The molecule has 1 heteroatoms. The SMILES string of the molecule is CNC(Cc1ccccc1C)C1CC1c1ccccc1. The predicted molar refractivity (Wildman–Crippen MR) is 85.0 cm³/mol. The second-order valence-electron chi connectivity index (χ2n) is 5.94. The number of likely N-dealkylation sites (N-methyl/N-ethyl adjacent to an activating group) is 1. The van der Waals surface area contributed by atoms with Gasteiger partial charge in [0.1, 0.15) is 0 Å². The van der Waals surface area contributed by atoms with Crippen molar-refractivity contribution in [2.24, 2.45) is 5.92 Å². The van der Waals surface area contributed by atoms with Crippen molar-refractivity contribution in [3.05, 3.63) is 71.3 Å². The van der Waals surface area contributed by atoms with Gasteiger partial charge in [-0.15, -0.1) is 0 Å². The molecule has 1 fully saturated rings. The Bertz CT molecular complexity index is 561. The maximum absolute atomic E-state index is 3.54. The topological polar surface area (TPSA) is 12.0 Å². The van der Waals surface area contributed by atoms with Crippen molar-refractivity contribution in [2.45, 2.75) is 31.7 Å². The highest BCUT2D eigenvalue weighted by Crippen LogP contribution is 2.50. The molecule has 20 heavy (non-hydrogen) atoms. The molecule has 0 heterocycles. The third kappa shape index (κ3) is 2.78. The van der Waals surface area contributed by atoms with Crippen LogP contribution in [-0.4, -0.2) is 13.1 Å². The molecule has 1 nitrogen and oxygen atoms in total. The normalized spacial score (nSPS) is 22.5. The third-order valence-corrected chi connectivity index (χ3v) is 4.66. The molecule has 3 rings (SSSR count). The van der Waals surface area contributed by atoms with Crippen LogP contribution in [0.2, 0.25) is 0 Å². The van der Waals surface area contributed by atoms with Crippen molar-refractivity contribution in [3.8, 4) is 0 Å². The summed E-state index contributed by atoms with van der Waals surface area (Å²) in [6, 6.07) is 20.3. The minimum atomic E-state index is 0.585. The van der Waals surface area contributed by atoms with Crippen molar-refractivity contribution in [2.75, 3.05) is 7.05 Å². The molecule has 0 saturated heterocycles.